The van der Waals surface area contributed by atoms with Gasteiger partial charge in [0.15, 0.2) is 0 Å². The van der Waals surface area contributed by atoms with Gasteiger partial charge in [-0.15, -0.1) is 0 Å². The molecule has 2 aromatic rings. The Morgan fingerprint density at radius 2 is 1.81 bits per heavy atom. The van der Waals surface area contributed by atoms with Crippen LogP contribution in [0.15, 0.2) is 36.4 Å². The third-order valence-electron chi connectivity index (χ3n) is 3.35. The van der Waals surface area contributed by atoms with Crippen LogP contribution in [-0.2, 0) is 0 Å². The molecule has 0 bridgehead atoms. The summed E-state index contributed by atoms with van der Waals surface area (Å²) in [5.41, 5.74) is 2.83. The van der Waals surface area contributed by atoms with Gasteiger partial charge in [-0.1, -0.05) is 25.1 Å². The van der Waals surface area contributed by atoms with E-state index in [2.05, 4.69) is 34.8 Å². The van der Waals surface area contributed by atoms with Crippen molar-refractivity contribution >= 4 is 22.6 Å². The lowest BCUT2D eigenvalue weighted by Crippen LogP contribution is -2.24. The first-order valence-corrected chi connectivity index (χ1v) is 8.05. The molecule has 4 heteroatoms. The predicted molar refractivity (Wildman–Crippen MR) is 90.4 cm³/mol. The quantitative estimate of drug-likeness (QED) is 0.698. The summed E-state index contributed by atoms with van der Waals surface area (Å²) in [6, 6.07) is 9.51. The van der Waals surface area contributed by atoms with Gasteiger partial charge in [0, 0.05) is 9.64 Å². The van der Waals surface area contributed by atoms with Crippen molar-refractivity contribution in [2.24, 2.45) is 0 Å². The smallest absolute Gasteiger partial charge is 0.126 e. The van der Waals surface area contributed by atoms with E-state index < -0.39 is 11.6 Å². The number of aryl methyl sites for hydroxylation is 1. The van der Waals surface area contributed by atoms with E-state index in [1.54, 1.807) is 0 Å². The molecular weight excluding hydrogens is 383 g/mol. The largest absolute Gasteiger partial charge is 0.306 e. The molecule has 21 heavy (non-hydrogen) atoms. The number of hydrogen-bond acceptors (Lipinski definition) is 1. The van der Waals surface area contributed by atoms with Crippen molar-refractivity contribution in [3.63, 3.8) is 0 Å². The maximum Gasteiger partial charge on any atom is 0.126 e. The van der Waals surface area contributed by atoms with Crippen LogP contribution in [0.25, 0.3) is 0 Å². The molecule has 0 amide bonds. The van der Waals surface area contributed by atoms with Crippen LogP contribution in [0, 0.1) is 22.1 Å². The summed E-state index contributed by atoms with van der Waals surface area (Å²) >= 11 is 2.29. The second-order valence-corrected chi connectivity index (χ2v) is 6.15. The van der Waals surface area contributed by atoms with Crippen molar-refractivity contribution < 1.29 is 8.78 Å². The Morgan fingerprint density at radius 1 is 1.14 bits per heavy atom. The van der Waals surface area contributed by atoms with Gasteiger partial charge in [-0.2, -0.15) is 0 Å². The van der Waals surface area contributed by atoms with Crippen LogP contribution >= 0.6 is 22.6 Å². The normalized spacial score (nSPS) is 12.4. The fraction of sp³-hybridized carbons (Fsp3) is 0.294. The SMILES string of the molecule is CCCNC(c1cc(F)cc(F)c1)c1cccc(C)c1I. The Labute approximate surface area is 137 Å². The van der Waals surface area contributed by atoms with Crippen LogP contribution in [0.2, 0.25) is 0 Å². The summed E-state index contributed by atoms with van der Waals surface area (Å²) < 4.78 is 28.2. The molecule has 2 rings (SSSR count). The lowest BCUT2D eigenvalue weighted by molar-refractivity contribution is 0.557. The molecule has 1 N–H and O–H groups in total. The zero-order chi connectivity index (χ0) is 15.4. The number of hydrogen-bond donors (Lipinski definition) is 1. The van der Waals surface area contributed by atoms with Gasteiger partial charge in [-0.05, 0) is 71.3 Å². The van der Waals surface area contributed by atoms with Crippen LogP contribution < -0.4 is 5.32 Å². The highest BCUT2D eigenvalue weighted by molar-refractivity contribution is 14.1. The summed E-state index contributed by atoms with van der Waals surface area (Å²) in [5.74, 6) is -1.09. The van der Waals surface area contributed by atoms with Gasteiger partial charge in [-0.25, -0.2) is 8.78 Å². The zero-order valence-corrected chi connectivity index (χ0v) is 14.2. The topological polar surface area (TPSA) is 12.0 Å². The van der Waals surface area contributed by atoms with E-state index in [9.17, 15) is 8.78 Å². The minimum Gasteiger partial charge on any atom is -0.306 e. The van der Waals surface area contributed by atoms with Crippen molar-refractivity contribution in [3.8, 4) is 0 Å². The average molecular weight is 401 g/mol. The summed E-state index contributed by atoms with van der Waals surface area (Å²) in [7, 11) is 0. The van der Waals surface area contributed by atoms with Gasteiger partial charge in [-0.3, -0.25) is 0 Å². The van der Waals surface area contributed by atoms with Crippen LogP contribution in [0.1, 0.15) is 36.1 Å². The Morgan fingerprint density at radius 3 is 2.43 bits per heavy atom. The average Bonchev–Trinajstić information content (AvgIpc) is 2.42. The molecule has 0 aliphatic heterocycles. The zero-order valence-electron chi connectivity index (χ0n) is 12.1. The van der Waals surface area contributed by atoms with Gasteiger partial charge < -0.3 is 5.32 Å². The first kappa shape index (κ1) is 16.4. The van der Waals surface area contributed by atoms with Gasteiger partial charge in [0.25, 0.3) is 0 Å². The molecule has 0 heterocycles. The molecule has 1 unspecified atom stereocenters. The molecule has 0 aliphatic carbocycles. The molecule has 0 fully saturated rings. The summed E-state index contributed by atoms with van der Waals surface area (Å²) in [5, 5.41) is 3.39. The molecule has 0 spiro atoms. The van der Waals surface area contributed by atoms with E-state index in [1.807, 2.05) is 25.1 Å². The minimum absolute atomic E-state index is 0.207. The molecule has 0 saturated heterocycles. The molecule has 0 radical (unpaired) electrons. The molecule has 112 valence electrons. The van der Waals surface area contributed by atoms with Gasteiger partial charge in [0.2, 0.25) is 0 Å². The first-order valence-electron chi connectivity index (χ1n) is 6.97. The van der Waals surface area contributed by atoms with Gasteiger partial charge in [0.05, 0.1) is 6.04 Å². The van der Waals surface area contributed by atoms with Gasteiger partial charge in [0.1, 0.15) is 11.6 Å². The second-order valence-electron chi connectivity index (χ2n) is 5.07. The Kier molecular flexibility index (Phi) is 5.70. The highest BCUT2D eigenvalue weighted by atomic mass is 127. The van der Waals surface area contributed by atoms with Gasteiger partial charge >= 0.3 is 0 Å². The predicted octanol–water partition coefficient (Wildman–Crippen LogP) is 4.97. The van der Waals surface area contributed by atoms with Crippen LogP contribution in [-0.4, -0.2) is 6.54 Å². The summed E-state index contributed by atoms with van der Waals surface area (Å²) in [6.07, 6.45) is 0.955. The van der Waals surface area contributed by atoms with Crippen molar-refractivity contribution in [1.29, 1.82) is 0 Å². The molecule has 2 aromatic carbocycles. The van der Waals surface area contributed by atoms with Crippen LogP contribution in [0.3, 0.4) is 0 Å². The van der Waals surface area contributed by atoms with E-state index in [4.69, 9.17) is 0 Å². The van der Waals surface area contributed by atoms with E-state index >= 15 is 0 Å². The number of benzene rings is 2. The Hall–Kier alpha value is -1.01. The van der Waals surface area contributed by atoms with E-state index in [0.717, 1.165) is 33.7 Å². The van der Waals surface area contributed by atoms with Crippen molar-refractivity contribution in [2.45, 2.75) is 26.3 Å². The monoisotopic (exact) mass is 401 g/mol. The number of nitrogens with one attached hydrogen (secondary N) is 1. The number of halogens is 3. The summed E-state index contributed by atoms with van der Waals surface area (Å²) in [6.45, 7) is 4.89. The van der Waals surface area contributed by atoms with Crippen molar-refractivity contribution in [3.05, 3.63) is 68.3 Å². The highest BCUT2D eigenvalue weighted by Gasteiger charge is 2.18. The molecule has 1 atom stereocenters. The molecule has 1 nitrogen and oxygen atoms in total. The third kappa shape index (κ3) is 4.01. The maximum absolute atomic E-state index is 13.5. The van der Waals surface area contributed by atoms with E-state index in [0.29, 0.717) is 5.56 Å². The fourth-order valence-corrected chi connectivity index (χ4v) is 3.00. The molecule has 0 saturated carbocycles. The highest BCUT2D eigenvalue weighted by Crippen LogP contribution is 2.29. The Balaban J connectivity index is 2.49. The standard InChI is InChI=1S/C17H18F2IN/c1-3-7-21-17(12-8-13(18)10-14(19)9-12)15-6-4-5-11(2)16(15)20/h4-6,8-10,17,21H,3,7H2,1-2H3. The first-order chi connectivity index (χ1) is 10.0. The lowest BCUT2D eigenvalue weighted by Gasteiger charge is -2.22. The van der Waals surface area contributed by atoms with Crippen molar-refractivity contribution in [1.82, 2.24) is 5.32 Å². The van der Waals surface area contributed by atoms with E-state index in [1.165, 1.54) is 12.1 Å². The maximum atomic E-state index is 13.5. The third-order valence-corrected chi connectivity index (χ3v) is 4.82. The molecular formula is C17H18F2IN. The Bertz CT molecular complexity index is 608. The van der Waals surface area contributed by atoms with Crippen LogP contribution in [0.5, 0.6) is 0 Å². The summed E-state index contributed by atoms with van der Waals surface area (Å²) in [4.78, 5) is 0. The second kappa shape index (κ2) is 7.31. The molecule has 0 aliphatic rings. The van der Waals surface area contributed by atoms with Crippen molar-refractivity contribution in [2.75, 3.05) is 6.54 Å². The minimum atomic E-state index is -0.545. The van der Waals surface area contributed by atoms with Crippen LogP contribution in [0.4, 0.5) is 8.78 Å². The van der Waals surface area contributed by atoms with E-state index in [-0.39, 0.29) is 6.04 Å². The molecule has 0 aromatic heterocycles. The number of rotatable bonds is 5. The lowest BCUT2D eigenvalue weighted by atomic mass is 9.97. The fourth-order valence-electron chi connectivity index (χ4n) is 2.33.